The van der Waals surface area contributed by atoms with Crippen molar-refractivity contribution in [2.75, 3.05) is 0 Å². The van der Waals surface area contributed by atoms with E-state index in [1.54, 1.807) is 26.0 Å². The van der Waals surface area contributed by atoms with Gasteiger partial charge >= 0.3 is 11.9 Å². The van der Waals surface area contributed by atoms with Crippen molar-refractivity contribution in [3.63, 3.8) is 0 Å². The van der Waals surface area contributed by atoms with Crippen LogP contribution in [0.3, 0.4) is 0 Å². The Bertz CT molecular complexity index is 1560. The van der Waals surface area contributed by atoms with E-state index in [2.05, 4.69) is 13.0 Å². The molecule has 5 aliphatic rings. The molecular weight excluding hydrogens is 608 g/mol. The quantitative estimate of drug-likeness (QED) is 0.162. The van der Waals surface area contributed by atoms with E-state index >= 15 is 0 Å². The molecule has 3 unspecified atom stereocenters. The first-order valence-electron chi connectivity index (χ1n) is 17.5. The summed E-state index contributed by atoms with van der Waals surface area (Å²) in [5.41, 5.74) is 2.24. The Morgan fingerprint density at radius 1 is 0.792 bits per heavy atom. The Labute approximate surface area is 285 Å². The molecule has 0 aromatic heterocycles. The summed E-state index contributed by atoms with van der Waals surface area (Å²) in [7, 11) is 0. The Morgan fingerprint density at radius 3 is 1.88 bits per heavy atom. The molecule has 0 bridgehead atoms. The second-order valence-electron chi connectivity index (χ2n) is 15.6. The highest BCUT2D eigenvalue weighted by Crippen LogP contribution is 2.58. The van der Waals surface area contributed by atoms with E-state index in [-0.39, 0.29) is 41.6 Å². The first kappa shape index (κ1) is 35.6. The molecule has 4 atom stereocenters. The summed E-state index contributed by atoms with van der Waals surface area (Å²) in [5, 5.41) is 0. The maximum absolute atomic E-state index is 14.2. The second kappa shape index (κ2) is 13.7. The van der Waals surface area contributed by atoms with Crippen LogP contribution in [0.15, 0.2) is 69.8 Å². The lowest BCUT2D eigenvalue weighted by atomic mass is 9.63. The van der Waals surface area contributed by atoms with Crippen molar-refractivity contribution in [3.8, 4) is 0 Å². The zero-order valence-corrected chi connectivity index (χ0v) is 30.0. The fraction of sp³-hybridized carbons (Fsp3) is 0.600. The molecule has 48 heavy (non-hydrogen) atoms. The Balaban J connectivity index is 1.36. The highest BCUT2D eigenvalue weighted by atomic mass is 16.5. The van der Waals surface area contributed by atoms with Crippen LogP contribution < -0.4 is 0 Å². The van der Waals surface area contributed by atoms with E-state index in [0.29, 0.717) is 37.0 Å². The van der Waals surface area contributed by atoms with Gasteiger partial charge in [0.15, 0.2) is 11.2 Å². The van der Waals surface area contributed by atoms with Crippen LogP contribution in [0.4, 0.5) is 0 Å². The number of esters is 2. The normalized spacial score (nSPS) is 30.2. The number of allylic oxidation sites excluding steroid dienone is 4. The molecule has 4 aliphatic heterocycles. The molecule has 0 aromatic rings. The minimum Gasteiger partial charge on any atom is -0.483 e. The number of Topliss-reactive ketones (excluding diaryl/α,β-unsaturated/α-hetero) is 1. The third-order valence-electron chi connectivity index (χ3n) is 10.4. The molecule has 0 amide bonds. The third kappa shape index (κ3) is 7.63. The minimum atomic E-state index is -1.00. The zero-order valence-electron chi connectivity index (χ0n) is 30.0. The Kier molecular flexibility index (Phi) is 10.1. The smallest absolute Gasteiger partial charge is 0.331 e. The maximum Gasteiger partial charge on any atom is 0.331 e. The number of carbonyl (C=O) groups is 4. The number of ether oxygens (including phenoxy) is 4. The van der Waals surface area contributed by atoms with E-state index < -0.39 is 16.6 Å². The monoisotopic (exact) mass is 660 g/mol. The van der Waals surface area contributed by atoms with E-state index in [1.807, 2.05) is 40.7 Å². The van der Waals surface area contributed by atoms with Crippen molar-refractivity contribution in [1.82, 2.24) is 0 Å². The first-order valence-corrected chi connectivity index (χ1v) is 17.5. The standard InChI is InChI=1S/C40H52O8/c1-24(17-29-19-26(3)21-33(42)45-29)11-9-13-28-14-16-40(32-23-31(41)38(5,6)47-32,35-36(28)48-39(7,8)37(35)44)15-10-12-25(2)18-30-20-27(4)22-34(43)46-30/h17-18,21-23,28-30H,9-16,19-20H2,1-8H3/t28?,29?,30?,40-/m0/s1. The number of cyclic esters (lactones) is 2. The molecule has 0 aromatic carbocycles. The lowest BCUT2D eigenvalue weighted by Crippen LogP contribution is -2.39. The van der Waals surface area contributed by atoms with Crippen LogP contribution in [0.5, 0.6) is 0 Å². The van der Waals surface area contributed by atoms with Crippen LogP contribution in [-0.2, 0) is 38.1 Å². The van der Waals surface area contributed by atoms with Gasteiger partial charge in [-0.15, -0.1) is 0 Å². The number of carbonyl (C=O) groups excluding carboxylic acids is 4. The van der Waals surface area contributed by atoms with Crippen molar-refractivity contribution in [2.45, 2.75) is 143 Å². The van der Waals surface area contributed by atoms with E-state index in [1.165, 1.54) is 11.6 Å². The van der Waals surface area contributed by atoms with Gasteiger partial charge in [-0.1, -0.05) is 22.3 Å². The topological polar surface area (TPSA) is 105 Å². The average Bonchev–Trinajstić information content (AvgIpc) is 3.38. The van der Waals surface area contributed by atoms with Crippen molar-refractivity contribution < 1.29 is 38.1 Å². The highest BCUT2D eigenvalue weighted by Gasteiger charge is 2.58. The lowest BCUT2D eigenvalue weighted by molar-refractivity contribution is -0.143. The summed E-state index contributed by atoms with van der Waals surface area (Å²) in [5.74, 6) is 0.680. The van der Waals surface area contributed by atoms with Gasteiger partial charge in [-0.3, -0.25) is 9.59 Å². The van der Waals surface area contributed by atoms with E-state index in [4.69, 9.17) is 18.9 Å². The fourth-order valence-corrected chi connectivity index (χ4v) is 7.87. The van der Waals surface area contributed by atoms with Gasteiger partial charge in [0.25, 0.3) is 0 Å². The third-order valence-corrected chi connectivity index (χ3v) is 10.4. The molecule has 8 nitrogen and oxygen atoms in total. The Morgan fingerprint density at radius 2 is 1.35 bits per heavy atom. The molecule has 0 spiro atoms. The predicted molar refractivity (Wildman–Crippen MR) is 182 cm³/mol. The van der Waals surface area contributed by atoms with Crippen LogP contribution in [0.25, 0.3) is 0 Å². The summed E-state index contributed by atoms with van der Waals surface area (Å²) in [4.78, 5) is 51.1. The number of ketones is 2. The molecule has 8 heteroatoms. The Hall–Kier alpha value is -3.68. The largest absolute Gasteiger partial charge is 0.483 e. The molecule has 1 aliphatic carbocycles. The van der Waals surface area contributed by atoms with Gasteiger partial charge in [-0.25, -0.2) is 9.59 Å². The number of rotatable bonds is 11. The SMILES string of the molecule is CC(=CC1CC(C)=CC(=O)O1)CCCC1CC[C@@](CCCC(C)=CC2CC(C)=CC(=O)O2)(C2=CC(=O)C(C)(C)O2)C2=C1OC(C)(C)C2=O. The molecule has 260 valence electrons. The average molecular weight is 661 g/mol. The minimum absolute atomic E-state index is 0.0360. The zero-order chi connectivity index (χ0) is 35.0. The summed E-state index contributed by atoms with van der Waals surface area (Å²) in [6.45, 7) is 15.2. The number of hydrogen-bond donors (Lipinski definition) is 0. The lowest BCUT2D eigenvalue weighted by Gasteiger charge is -2.41. The van der Waals surface area contributed by atoms with Gasteiger partial charge in [0.05, 0.1) is 11.0 Å². The van der Waals surface area contributed by atoms with Crippen molar-refractivity contribution in [2.24, 2.45) is 11.3 Å². The first-order chi connectivity index (χ1) is 22.5. The molecule has 0 radical (unpaired) electrons. The summed E-state index contributed by atoms with van der Waals surface area (Å²) in [6, 6.07) is 0. The summed E-state index contributed by atoms with van der Waals surface area (Å²) < 4.78 is 23.9. The van der Waals surface area contributed by atoms with Crippen molar-refractivity contribution in [3.05, 3.63) is 69.8 Å². The van der Waals surface area contributed by atoms with Gasteiger partial charge in [-0.2, -0.15) is 0 Å². The molecule has 0 N–H and O–H groups in total. The fourth-order valence-electron chi connectivity index (χ4n) is 7.87. The second-order valence-corrected chi connectivity index (χ2v) is 15.6. The van der Waals surface area contributed by atoms with Crippen molar-refractivity contribution in [1.29, 1.82) is 0 Å². The van der Waals surface area contributed by atoms with Crippen LogP contribution in [0.2, 0.25) is 0 Å². The van der Waals surface area contributed by atoms with Gasteiger partial charge in [0.1, 0.15) is 23.7 Å². The maximum atomic E-state index is 14.2. The van der Waals surface area contributed by atoms with Crippen LogP contribution in [0, 0.1) is 11.3 Å². The van der Waals surface area contributed by atoms with Crippen LogP contribution in [0.1, 0.15) is 120 Å². The van der Waals surface area contributed by atoms with Crippen molar-refractivity contribution >= 4 is 23.5 Å². The van der Waals surface area contributed by atoms with Gasteiger partial charge in [0.2, 0.25) is 11.6 Å². The molecule has 5 rings (SSSR count). The molecule has 0 fully saturated rings. The van der Waals surface area contributed by atoms with Gasteiger partial charge < -0.3 is 18.9 Å². The molecular formula is C40H52O8. The molecule has 4 heterocycles. The predicted octanol–water partition coefficient (Wildman–Crippen LogP) is 8.03. The van der Waals surface area contributed by atoms with E-state index in [0.717, 1.165) is 61.0 Å². The van der Waals surface area contributed by atoms with Gasteiger partial charge in [-0.05, 0) is 119 Å². The van der Waals surface area contributed by atoms with Crippen LogP contribution >= 0.6 is 0 Å². The van der Waals surface area contributed by atoms with Crippen LogP contribution in [-0.4, -0.2) is 46.9 Å². The van der Waals surface area contributed by atoms with E-state index in [9.17, 15) is 19.2 Å². The van der Waals surface area contributed by atoms with Gasteiger partial charge in [0, 0.05) is 37.0 Å². The summed E-state index contributed by atoms with van der Waals surface area (Å²) >= 11 is 0. The number of hydrogen-bond acceptors (Lipinski definition) is 8. The summed E-state index contributed by atoms with van der Waals surface area (Å²) in [6.07, 6.45) is 15.9. The molecule has 0 saturated carbocycles. The highest BCUT2D eigenvalue weighted by molar-refractivity contribution is 6.06. The molecule has 0 saturated heterocycles.